The Morgan fingerprint density at radius 2 is 2.07 bits per heavy atom. The zero-order valence-corrected chi connectivity index (χ0v) is 17.2. The molecule has 2 aromatic heterocycles. The molecule has 1 saturated carbocycles. The number of nitrogens with one attached hydrogen (secondary N) is 1. The van der Waals surface area contributed by atoms with Gasteiger partial charge in [-0.3, -0.25) is 4.79 Å². The molecule has 29 heavy (non-hydrogen) atoms. The van der Waals surface area contributed by atoms with Crippen LogP contribution in [0, 0.1) is 0 Å². The molecule has 0 aliphatic heterocycles. The molecule has 2 heterocycles. The number of carbonyl (C=O) groups is 1. The third-order valence-corrected chi connectivity index (χ3v) is 6.33. The zero-order valence-electron chi connectivity index (χ0n) is 16.4. The van der Waals surface area contributed by atoms with E-state index in [1.54, 1.807) is 16.8 Å². The van der Waals surface area contributed by atoms with E-state index >= 15 is 0 Å². The summed E-state index contributed by atoms with van der Waals surface area (Å²) in [6, 6.07) is 9.02. The fraction of sp³-hybridized carbons (Fsp3) is 0.429. The molecule has 8 heteroatoms. The average molecular weight is 412 g/mol. The number of rotatable bonds is 6. The lowest BCUT2D eigenvalue weighted by molar-refractivity contribution is 0.0685. The van der Waals surface area contributed by atoms with Gasteiger partial charge in [0.15, 0.2) is 0 Å². The Labute approximate surface area is 173 Å². The Bertz CT molecular complexity index is 955. The van der Waals surface area contributed by atoms with Crippen LogP contribution in [0.2, 0.25) is 0 Å². The Morgan fingerprint density at radius 3 is 2.83 bits per heavy atom. The molecule has 2 N–H and O–H groups in total. The van der Waals surface area contributed by atoms with Crippen molar-refractivity contribution in [3.63, 3.8) is 0 Å². The molecular weight excluding hydrogens is 386 g/mol. The number of hydrogen-bond donors (Lipinski definition) is 2. The summed E-state index contributed by atoms with van der Waals surface area (Å²) in [7, 11) is 0. The predicted octanol–water partition coefficient (Wildman–Crippen LogP) is 3.76. The summed E-state index contributed by atoms with van der Waals surface area (Å²) < 4.78 is 1.77. The molecule has 0 spiro atoms. The van der Waals surface area contributed by atoms with E-state index < -0.39 is 0 Å². The van der Waals surface area contributed by atoms with Crippen LogP contribution in [0.4, 0.5) is 0 Å². The molecule has 3 aromatic rings. The Hall–Kier alpha value is -2.58. The molecule has 7 nitrogen and oxygen atoms in total. The van der Waals surface area contributed by atoms with Gasteiger partial charge in [-0.2, -0.15) is 0 Å². The van der Waals surface area contributed by atoms with Crippen LogP contribution in [0.1, 0.15) is 66.5 Å². The number of amides is 1. The highest BCUT2D eigenvalue weighted by atomic mass is 32.1. The summed E-state index contributed by atoms with van der Waals surface area (Å²) in [6.45, 7) is 2.03. The summed E-state index contributed by atoms with van der Waals surface area (Å²) in [5.74, 6) is -0.105. The van der Waals surface area contributed by atoms with Gasteiger partial charge >= 0.3 is 0 Å². The average Bonchev–Trinajstić information content (AvgIpc) is 3.42. The van der Waals surface area contributed by atoms with Crippen molar-refractivity contribution in [2.24, 2.45) is 0 Å². The van der Waals surface area contributed by atoms with Crippen LogP contribution in [0.25, 0.3) is 11.4 Å². The molecule has 0 radical (unpaired) electrons. The third kappa shape index (κ3) is 4.38. The molecule has 0 bridgehead atoms. The Balaban J connectivity index is 1.48. The van der Waals surface area contributed by atoms with Crippen LogP contribution in [-0.2, 0) is 0 Å². The van der Waals surface area contributed by atoms with Crippen LogP contribution in [0.15, 0.2) is 41.9 Å². The summed E-state index contributed by atoms with van der Waals surface area (Å²) >= 11 is 1.51. The number of nitrogens with zero attached hydrogens (tertiary/aromatic N) is 4. The van der Waals surface area contributed by atoms with Gasteiger partial charge in [-0.15, -0.1) is 16.4 Å². The second kappa shape index (κ2) is 8.84. The van der Waals surface area contributed by atoms with E-state index in [9.17, 15) is 9.90 Å². The van der Waals surface area contributed by atoms with Gasteiger partial charge in [0, 0.05) is 10.9 Å². The molecular formula is C21H25N5O2S. The number of aromatic nitrogens is 4. The first-order valence-corrected chi connectivity index (χ1v) is 10.9. The highest BCUT2D eigenvalue weighted by Gasteiger charge is 2.26. The standard InChI is InChI=1S/C21H25N5O2S/c1-2-15(22-20(28)14-8-4-3-5-9-14)21-23-17(13-29-21)16-12-26(25-24-16)18-10-6-7-11-19(18)27/h3-5,8-9,12-13,15,18-19,27H,2,6-7,10-11H2,1H3,(H,22,28)/t15?,18-,19-/m1/s1. The lowest BCUT2D eigenvalue weighted by Crippen LogP contribution is -2.28. The van der Waals surface area contributed by atoms with E-state index in [-0.39, 0.29) is 24.1 Å². The number of hydrogen-bond acceptors (Lipinski definition) is 6. The Morgan fingerprint density at radius 1 is 1.28 bits per heavy atom. The summed E-state index contributed by atoms with van der Waals surface area (Å²) in [5, 5.41) is 24.6. The molecule has 0 saturated heterocycles. The van der Waals surface area contributed by atoms with Gasteiger partial charge in [0.1, 0.15) is 16.4 Å². The summed E-state index contributed by atoms with van der Waals surface area (Å²) in [4.78, 5) is 17.2. The smallest absolute Gasteiger partial charge is 0.251 e. The number of benzene rings is 1. The maximum Gasteiger partial charge on any atom is 0.251 e. The lowest BCUT2D eigenvalue weighted by atomic mass is 9.93. The van der Waals surface area contributed by atoms with Gasteiger partial charge in [0.2, 0.25) is 0 Å². The van der Waals surface area contributed by atoms with Crippen molar-refractivity contribution < 1.29 is 9.90 Å². The van der Waals surface area contributed by atoms with E-state index in [0.717, 1.165) is 42.8 Å². The number of thiazole rings is 1. The van der Waals surface area contributed by atoms with Crippen molar-refractivity contribution in [1.82, 2.24) is 25.3 Å². The van der Waals surface area contributed by atoms with Gasteiger partial charge in [0.05, 0.1) is 24.4 Å². The van der Waals surface area contributed by atoms with Crippen LogP contribution >= 0.6 is 11.3 Å². The third-order valence-electron chi connectivity index (χ3n) is 5.38. The van der Waals surface area contributed by atoms with Crippen molar-refractivity contribution in [2.45, 2.75) is 57.2 Å². The van der Waals surface area contributed by atoms with Gasteiger partial charge in [0.25, 0.3) is 5.91 Å². The molecule has 1 fully saturated rings. The first kappa shape index (κ1) is 19.7. The van der Waals surface area contributed by atoms with Crippen LogP contribution in [0.5, 0.6) is 0 Å². The molecule has 152 valence electrons. The quantitative estimate of drug-likeness (QED) is 0.644. The molecule has 1 aromatic carbocycles. The highest BCUT2D eigenvalue weighted by molar-refractivity contribution is 7.10. The van der Waals surface area contributed by atoms with Gasteiger partial charge in [-0.1, -0.05) is 43.2 Å². The minimum absolute atomic E-state index is 0.0170. The van der Waals surface area contributed by atoms with Crippen molar-refractivity contribution >= 4 is 17.2 Å². The second-order valence-electron chi connectivity index (χ2n) is 7.37. The monoisotopic (exact) mass is 411 g/mol. The van der Waals surface area contributed by atoms with E-state index in [1.165, 1.54) is 11.3 Å². The molecule has 1 unspecified atom stereocenters. The maximum atomic E-state index is 12.5. The molecule has 1 aliphatic carbocycles. The van der Waals surface area contributed by atoms with Crippen LogP contribution in [-0.4, -0.2) is 37.1 Å². The maximum absolute atomic E-state index is 12.5. The van der Waals surface area contributed by atoms with Gasteiger partial charge in [-0.05, 0) is 31.4 Å². The minimum atomic E-state index is -0.373. The van der Waals surface area contributed by atoms with E-state index in [4.69, 9.17) is 4.98 Å². The Kier molecular flexibility index (Phi) is 6.01. The van der Waals surface area contributed by atoms with Gasteiger partial charge < -0.3 is 10.4 Å². The summed E-state index contributed by atoms with van der Waals surface area (Å²) in [6.07, 6.45) is 6.10. The molecule has 3 atom stereocenters. The van der Waals surface area contributed by atoms with Crippen molar-refractivity contribution in [3.8, 4) is 11.4 Å². The number of aliphatic hydroxyl groups is 1. The highest BCUT2D eigenvalue weighted by Crippen LogP contribution is 2.30. The van der Waals surface area contributed by atoms with Crippen molar-refractivity contribution in [2.75, 3.05) is 0 Å². The minimum Gasteiger partial charge on any atom is -0.391 e. The second-order valence-corrected chi connectivity index (χ2v) is 8.26. The van der Waals surface area contributed by atoms with Gasteiger partial charge in [-0.25, -0.2) is 9.67 Å². The van der Waals surface area contributed by atoms with Crippen molar-refractivity contribution in [1.29, 1.82) is 0 Å². The molecule has 1 amide bonds. The van der Waals surface area contributed by atoms with E-state index in [2.05, 4.69) is 15.6 Å². The summed E-state index contributed by atoms with van der Waals surface area (Å²) in [5.41, 5.74) is 2.07. The normalized spacial score (nSPS) is 20.3. The van der Waals surface area contributed by atoms with E-state index in [0.29, 0.717) is 11.3 Å². The lowest BCUT2D eigenvalue weighted by Gasteiger charge is -2.27. The van der Waals surface area contributed by atoms with E-state index in [1.807, 2.05) is 36.7 Å². The largest absolute Gasteiger partial charge is 0.391 e. The number of aliphatic hydroxyl groups excluding tert-OH is 1. The topological polar surface area (TPSA) is 92.9 Å². The van der Waals surface area contributed by atoms with Crippen LogP contribution in [0.3, 0.4) is 0 Å². The van der Waals surface area contributed by atoms with Crippen LogP contribution < -0.4 is 5.32 Å². The first-order chi connectivity index (χ1) is 14.2. The SMILES string of the molecule is CCC(NC(=O)c1ccccc1)c1nc(-c2cn([C@@H]3CCCC[C@H]3O)nn2)cs1. The first-order valence-electron chi connectivity index (χ1n) is 10.1. The zero-order chi connectivity index (χ0) is 20.2. The predicted molar refractivity (Wildman–Crippen MR) is 112 cm³/mol. The van der Waals surface area contributed by atoms with Crippen molar-refractivity contribution in [3.05, 3.63) is 52.5 Å². The number of carbonyl (C=O) groups excluding carboxylic acids is 1. The fourth-order valence-electron chi connectivity index (χ4n) is 3.69. The molecule has 1 aliphatic rings. The fourth-order valence-corrected chi connectivity index (χ4v) is 4.64. The molecule has 4 rings (SSSR count).